The van der Waals surface area contributed by atoms with Gasteiger partial charge in [0.1, 0.15) is 0 Å². The molecule has 1 saturated carbocycles. The molecule has 1 N–H and O–H groups in total. The van der Waals surface area contributed by atoms with Gasteiger partial charge in [-0.2, -0.15) is 0 Å². The molecule has 2 aliphatic rings. The molecule has 0 unspecified atom stereocenters. The second-order valence-electron chi connectivity index (χ2n) is 6.52. The average molecular weight is 259 g/mol. The lowest BCUT2D eigenvalue weighted by Crippen LogP contribution is -2.51. The third-order valence-electron chi connectivity index (χ3n) is 5.04. The highest BCUT2D eigenvalue weighted by molar-refractivity contribution is 5.22. The van der Waals surface area contributed by atoms with E-state index in [0.717, 1.165) is 6.54 Å². The molecule has 0 amide bonds. The van der Waals surface area contributed by atoms with Crippen molar-refractivity contribution < 1.29 is 5.11 Å². The molecule has 0 radical (unpaired) electrons. The predicted octanol–water partition coefficient (Wildman–Crippen LogP) is 3.03. The van der Waals surface area contributed by atoms with E-state index in [9.17, 15) is 5.11 Å². The van der Waals surface area contributed by atoms with Crippen LogP contribution in [0.5, 0.6) is 0 Å². The summed E-state index contributed by atoms with van der Waals surface area (Å²) in [5, 5.41) is 9.77. The molecule has 2 fully saturated rings. The summed E-state index contributed by atoms with van der Waals surface area (Å²) in [5.41, 5.74) is 1.68. The zero-order chi connectivity index (χ0) is 13.1. The van der Waals surface area contributed by atoms with Crippen LogP contribution in [0, 0.1) is 5.41 Å². The standard InChI is InChI=1S/C17H25NO/c19-14-17(9-5-2-6-10-17)13-18-11-16(12-18)15-7-3-1-4-8-15/h1,3-4,7-8,16,19H,2,5-6,9-14H2. The summed E-state index contributed by atoms with van der Waals surface area (Å²) >= 11 is 0. The molecule has 0 bridgehead atoms. The van der Waals surface area contributed by atoms with Gasteiger partial charge in [-0.05, 0) is 18.4 Å². The van der Waals surface area contributed by atoms with Gasteiger partial charge < -0.3 is 10.0 Å². The first-order valence-corrected chi connectivity index (χ1v) is 7.69. The number of nitrogens with zero attached hydrogens (tertiary/aromatic N) is 1. The normalized spacial score (nSPS) is 24.1. The van der Waals surface area contributed by atoms with Crippen molar-refractivity contribution in [2.75, 3.05) is 26.2 Å². The van der Waals surface area contributed by atoms with E-state index in [1.165, 1.54) is 50.8 Å². The van der Waals surface area contributed by atoms with Crippen molar-refractivity contribution in [3.05, 3.63) is 35.9 Å². The summed E-state index contributed by atoms with van der Waals surface area (Å²) in [6.07, 6.45) is 6.40. The van der Waals surface area contributed by atoms with Gasteiger partial charge >= 0.3 is 0 Å². The number of aliphatic hydroxyl groups excluding tert-OH is 1. The largest absolute Gasteiger partial charge is 0.396 e. The van der Waals surface area contributed by atoms with Crippen LogP contribution < -0.4 is 0 Å². The minimum Gasteiger partial charge on any atom is -0.396 e. The Morgan fingerprint density at radius 2 is 1.74 bits per heavy atom. The molecule has 1 saturated heterocycles. The van der Waals surface area contributed by atoms with Crippen molar-refractivity contribution in [1.82, 2.24) is 4.90 Å². The van der Waals surface area contributed by atoms with Crippen molar-refractivity contribution in [3.8, 4) is 0 Å². The maximum atomic E-state index is 9.77. The van der Waals surface area contributed by atoms with Crippen LogP contribution in [0.1, 0.15) is 43.6 Å². The molecular weight excluding hydrogens is 234 g/mol. The molecule has 1 aromatic rings. The summed E-state index contributed by atoms with van der Waals surface area (Å²) in [6.45, 7) is 3.82. The summed E-state index contributed by atoms with van der Waals surface area (Å²) in [6, 6.07) is 10.8. The van der Waals surface area contributed by atoms with Crippen molar-refractivity contribution in [2.45, 2.75) is 38.0 Å². The van der Waals surface area contributed by atoms with Gasteiger partial charge in [-0.15, -0.1) is 0 Å². The molecule has 1 aliphatic heterocycles. The van der Waals surface area contributed by atoms with E-state index >= 15 is 0 Å². The Morgan fingerprint density at radius 3 is 2.37 bits per heavy atom. The molecule has 0 atom stereocenters. The Labute approximate surface area is 116 Å². The van der Waals surface area contributed by atoms with Gasteiger partial charge in [-0.25, -0.2) is 0 Å². The van der Waals surface area contributed by atoms with Crippen LogP contribution in [0.15, 0.2) is 30.3 Å². The molecule has 104 valence electrons. The van der Waals surface area contributed by atoms with Crippen LogP contribution >= 0.6 is 0 Å². The van der Waals surface area contributed by atoms with E-state index in [-0.39, 0.29) is 5.41 Å². The molecule has 3 rings (SSSR count). The van der Waals surface area contributed by atoms with E-state index in [0.29, 0.717) is 12.5 Å². The zero-order valence-electron chi connectivity index (χ0n) is 11.7. The minimum absolute atomic E-state index is 0.208. The third-order valence-corrected chi connectivity index (χ3v) is 5.04. The Balaban J connectivity index is 1.53. The first kappa shape index (κ1) is 13.1. The van der Waals surface area contributed by atoms with Crippen LogP contribution in [-0.2, 0) is 0 Å². The highest BCUT2D eigenvalue weighted by atomic mass is 16.3. The molecule has 2 heteroatoms. The molecule has 0 spiro atoms. The average Bonchev–Trinajstić information content (AvgIpc) is 2.44. The molecule has 1 aromatic carbocycles. The van der Waals surface area contributed by atoms with Crippen molar-refractivity contribution in [3.63, 3.8) is 0 Å². The highest BCUT2D eigenvalue weighted by Crippen LogP contribution is 2.39. The summed E-state index contributed by atoms with van der Waals surface area (Å²) in [7, 11) is 0. The van der Waals surface area contributed by atoms with Gasteiger partial charge in [-0.1, -0.05) is 49.6 Å². The quantitative estimate of drug-likeness (QED) is 0.898. The molecule has 2 nitrogen and oxygen atoms in total. The van der Waals surface area contributed by atoms with E-state index < -0.39 is 0 Å². The van der Waals surface area contributed by atoms with Crippen molar-refractivity contribution in [1.29, 1.82) is 0 Å². The molecular formula is C17H25NO. The number of rotatable bonds is 4. The fourth-order valence-electron chi connectivity index (χ4n) is 3.78. The Bertz CT molecular complexity index is 391. The number of aliphatic hydroxyl groups is 1. The first-order chi connectivity index (χ1) is 9.31. The van der Waals surface area contributed by atoms with Crippen LogP contribution in [0.4, 0.5) is 0 Å². The van der Waals surface area contributed by atoms with E-state index in [4.69, 9.17) is 0 Å². The van der Waals surface area contributed by atoms with Crippen molar-refractivity contribution >= 4 is 0 Å². The lowest BCUT2D eigenvalue weighted by atomic mass is 9.73. The molecule has 1 aliphatic carbocycles. The first-order valence-electron chi connectivity index (χ1n) is 7.69. The van der Waals surface area contributed by atoms with Crippen LogP contribution in [0.2, 0.25) is 0 Å². The number of benzene rings is 1. The topological polar surface area (TPSA) is 23.5 Å². The Morgan fingerprint density at radius 1 is 1.05 bits per heavy atom. The monoisotopic (exact) mass is 259 g/mol. The van der Waals surface area contributed by atoms with E-state index in [2.05, 4.69) is 35.2 Å². The van der Waals surface area contributed by atoms with Crippen LogP contribution in [-0.4, -0.2) is 36.2 Å². The second-order valence-corrected chi connectivity index (χ2v) is 6.52. The smallest absolute Gasteiger partial charge is 0.0499 e. The van der Waals surface area contributed by atoms with Gasteiger partial charge in [0.15, 0.2) is 0 Å². The predicted molar refractivity (Wildman–Crippen MR) is 78.2 cm³/mol. The van der Waals surface area contributed by atoms with Gasteiger partial charge in [0.05, 0.1) is 0 Å². The fraction of sp³-hybridized carbons (Fsp3) is 0.647. The number of likely N-dealkylation sites (tertiary alicyclic amines) is 1. The lowest BCUT2D eigenvalue weighted by Gasteiger charge is -2.46. The van der Waals surface area contributed by atoms with Gasteiger partial charge in [0, 0.05) is 37.6 Å². The van der Waals surface area contributed by atoms with Gasteiger partial charge in [0.25, 0.3) is 0 Å². The summed E-state index contributed by atoms with van der Waals surface area (Å²) in [4.78, 5) is 2.54. The van der Waals surface area contributed by atoms with E-state index in [1.54, 1.807) is 0 Å². The minimum atomic E-state index is 0.208. The second kappa shape index (κ2) is 5.64. The summed E-state index contributed by atoms with van der Waals surface area (Å²) in [5.74, 6) is 0.709. The van der Waals surface area contributed by atoms with E-state index in [1.807, 2.05) is 0 Å². The number of hydrogen-bond acceptors (Lipinski definition) is 2. The Hall–Kier alpha value is -0.860. The fourth-order valence-corrected chi connectivity index (χ4v) is 3.78. The highest BCUT2D eigenvalue weighted by Gasteiger charge is 2.37. The molecule has 19 heavy (non-hydrogen) atoms. The lowest BCUT2D eigenvalue weighted by molar-refractivity contribution is 0.0114. The van der Waals surface area contributed by atoms with Crippen molar-refractivity contribution in [2.24, 2.45) is 5.41 Å². The SMILES string of the molecule is OCC1(CN2CC(c3ccccc3)C2)CCCCC1. The van der Waals surface area contributed by atoms with Gasteiger partial charge in [-0.3, -0.25) is 0 Å². The molecule has 1 heterocycles. The maximum Gasteiger partial charge on any atom is 0.0499 e. The van der Waals surface area contributed by atoms with Gasteiger partial charge in [0.2, 0.25) is 0 Å². The third kappa shape index (κ3) is 2.85. The molecule has 0 aromatic heterocycles. The van der Waals surface area contributed by atoms with Crippen LogP contribution in [0.3, 0.4) is 0 Å². The van der Waals surface area contributed by atoms with Crippen LogP contribution in [0.25, 0.3) is 0 Å². The summed E-state index contributed by atoms with van der Waals surface area (Å²) < 4.78 is 0. The number of hydrogen-bond donors (Lipinski definition) is 1. The zero-order valence-corrected chi connectivity index (χ0v) is 11.7. The maximum absolute atomic E-state index is 9.77. The Kier molecular flexibility index (Phi) is 3.90.